The van der Waals surface area contributed by atoms with Crippen LogP contribution in [0.2, 0.25) is 0 Å². The van der Waals surface area contributed by atoms with Gasteiger partial charge in [-0.3, -0.25) is 44.3 Å². The molecule has 9 rings (SSSR count). The van der Waals surface area contributed by atoms with Crippen LogP contribution in [0.1, 0.15) is 59.4 Å². The lowest BCUT2D eigenvalue weighted by molar-refractivity contribution is -0.136. The van der Waals surface area contributed by atoms with Crippen LogP contribution in [-0.4, -0.2) is 129 Å². The molecule has 0 aliphatic carbocycles. The number of carbonyl (C=O) groups excluding carboxylic acids is 4. The van der Waals surface area contributed by atoms with Gasteiger partial charge < -0.3 is 15.1 Å². The van der Waals surface area contributed by atoms with Crippen LogP contribution in [0.4, 0.5) is 16.5 Å². The molecule has 5 aromatic rings. The van der Waals surface area contributed by atoms with Crippen LogP contribution < -0.4 is 20.4 Å². The highest BCUT2D eigenvalue weighted by molar-refractivity contribution is 7.18. The number of nitrogens with zero attached hydrogens (tertiary/aromatic N) is 10. The first kappa shape index (κ1) is 37.5. The van der Waals surface area contributed by atoms with Gasteiger partial charge in [0.15, 0.2) is 5.01 Å². The summed E-state index contributed by atoms with van der Waals surface area (Å²) in [7, 11) is 1.75. The van der Waals surface area contributed by atoms with Gasteiger partial charge in [0.2, 0.25) is 16.9 Å². The zero-order valence-corrected chi connectivity index (χ0v) is 33.4. The van der Waals surface area contributed by atoms with E-state index in [1.807, 2.05) is 35.0 Å². The Morgan fingerprint density at radius 1 is 0.914 bits per heavy atom. The average Bonchev–Trinajstić information content (AvgIpc) is 4.02. The summed E-state index contributed by atoms with van der Waals surface area (Å²) in [5.74, 6) is -1.50. The maximum Gasteiger partial charge on any atom is 0.262 e. The Morgan fingerprint density at radius 3 is 2.53 bits per heavy atom. The lowest BCUT2D eigenvalue weighted by Crippen LogP contribution is -2.54. The Hall–Kier alpha value is -6.07. The van der Waals surface area contributed by atoms with Crippen molar-refractivity contribution in [1.82, 2.24) is 39.9 Å². The van der Waals surface area contributed by atoms with E-state index in [4.69, 9.17) is 4.98 Å². The van der Waals surface area contributed by atoms with E-state index in [1.165, 1.54) is 0 Å². The molecule has 298 valence electrons. The normalized spacial score (nSPS) is 20.3. The maximum atomic E-state index is 13.4. The molecule has 58 heavy (non-hydrogen) atoms. The molecule has 0 bridgehead atoms. The quantitative estimate of drug-likeness (QED) is 0.155. The van der Waals surface area contributed by atoms with Crippen LogP contribution in [0.15, 0.2) is 59.9 Å². The Kier molecular flexibility index (Phi) is 9.93. The minimum Gasteiger partial charge on any atom is -0.382 e. The van der Waals surface area contributed by atoms with Crippen LogP contribution in [-0.2, 0) is 9.59 Å². The number of piperazine rings is 1. The smallest absolute Gasteiger partial charge is 0.262 e. The number of rotatable bonds is 10. The minimum atomic E-state index is -0.972. The average molecular weight is 801 g/mol. The van der Waals surface area contributed by atoms with Gasteiger partial charge in [0.1, 0.15) is 6.04 Å². The van der Waals surface area contributed by atoms with Gasteiger partial charge in [-0.2, -0.15) is 5.10 Å². The second-order valence-corrected chi connectivity index (χ2v) is 16.6. The first-order chi connectivity index (χ1) is 28.1. The number of fused-ring (bicyclic) bond motifs is 2. The molecule has 17 heteroatoms. The monoisotopic (exact) mass is 800 g/mol. The fourth-order valence-electron chi connectivity index (χ4n) is 8.44. The number of aliphatic imine (C=N–C) groups is 1. The van der Waals surface area contributed by atoms with E-state index in [1.54, 1.807) is 42.9 Å². The van der Waals surface area contributed by atoms with Gasteiger partial charge in [-0.05, 0) is 75.1 Å². The van der Waals surface area contributed by atoms with Crippen LogP contribution in [0, 0.1) is 5.92 Å². The third kappa shape index (κ3) is 7.08. The number of amides is 4. The van der Waals surface area contributed by atoms with Crippen molar-refractivity contribution in [2.24, 2.45) is 10.9 Å². The SMILES string of the molecule is CN=Cc1cnn2c(-c3cc(NC(C)C)c(-c4nnc(N5CCN(C[C@H]6CCN(c7ccc8c(c7)C(=O)N(C7CCC(=O)NC7=O)C8=O)C6)CC5)s4)cn3)ccc2c1. The molecule has 2 N–H and O–H groups in total. The Bertz CT molecular complexity index is 2470. The van der Waals surface area contributed by atoms with Crippen LogP contribution in [0.3, 0.4) is 0 Å². The van der Waals surface area contributed by atoms with Crippen molar-refractivity contribution in [2.75, 3.05) is 68.0 Å². The van der Waals surface area contributed by atoms with Gasteiger partial charge >= 0.3 is 0 Å². The number of hydrogen-bond acceptors (Lipinski definition) is 14. The topological polar surface area (TPSA) is 174 Å². The van der Waals surface area contributed by atoms with Crippen molar-refractivity contribution in [2.45, 2.75) is 45.2 Å². The van der Waals surface area contributed by atoms with Crippen molar-refractivity contribution < 1.29 is 19.2 Å². The molecular weight excluding hydrogens is 757 g/mol. The number of carbonyl (C=O) groups is 4. The molecule has 0 spiro atoms. The molecular formula is C41H44N12O4S. The summed E-state index contributed by atoms with van der Waals surface area (Å²) < 4.78 is 1.89. The molecule has 4 aliphatic heterocycles. The summed E-state index contributed by atoms with van der Waals surface area (Å²) in [4.78, 5) is 67.8. The zero-order valence-electron chi connectivity index (χ0n) is 32.6. The molecule has 2 atom stereocenters. The minimum absolute atomic E-state index is 0.0941. The molecule has 1 unspecified atom stereocenters. The first-order valence-corrected chi connectivity index (χ1v) is 20.5. The predicted octanol–water partition coefficient (Wildman–Crippen LogP) is 3.83. The number of anilines is 3. The van der Waals surface area contributed by atoms with E-state index in [9.17, 15) is 19.2 Å². The summed E-state index contributed by atoms with van der Waals surface area (Å²) in [5, 5.41) is 21.5. The van der Waals surface area contributed by atoms with E-state index < -0.39 is 23.8 Å². The predicted molar refractivity (Wildman–Crippen MR) is 222 cm³/mol. The molecule has 4 aromatic heterocycles. The van der Waals surface area contributed by atoms with Crippen molar-refractivity contribution in [3.8, 4) is 22.0 Å². The Morgan fingerprint density at radius 2 is 1.74 bits per heavy atom. The lowest BCUT2D eigenvalue weighted by atomic mass is 10.0. The number of imide groups is 2. The molecule has 8 heterocycles. The van der Waals surface area contributed by atoms with Gasteiger partial charge in [-0.1, -0.05) is 11.3 Å². The molecule has 4 amide bonds. The molecule has 0 saturated carbocycles. The number of pyridine rings is 1. The summed E-state index contributed by atoms with van der Waals surface area (Å²) in [6.07, 6.45) is 6.72. The Balaban J connectivity index is 0.816. The van der Waals surface area contributed by atoms with Gasteiger partial charge in [0.25, 0.3) is 11.8 Å². The third-order valence-electron chi connectivity index (χ3n) is 11.3. The second-order valence-electron chi connectivity index (χ2n) is 15.6. The van der Waals surface area contributed by atoms with Crippen LogP contribution in [0.25, 0.3) is 27.5 Å². The van der Waals surface area contributed by atoms with E-state index in [0.29, 0.717) is 17.0 Å². The molecule has 3 saturated heterocycles. The highest BCUT2D eigenvalue weighted by Crippen LogP contribution is 2.37. The largest absolute Gasteiger partial charge is 0.382 e. The van der Waals surface area contributed by atoms with E-state index in [0.717, 1.165) is 107 Å². The van der Waals surface area contributed by atoms with E-state index >= 15 is 0 Å². The fourth-order valence-corrected chi connectivity index (χ4v) is 9.36. The molecule has 4 aliphatic rings. The molecule has 0 radical (unpaired) electrons. The third-order valence-corrected chi connectivity index (χ3v) is 12.3. The van der Waals surface area contributed by atoms with Crippen molar-refractivity contribution in [3.63, 3.8) is 0 Å². The number of piperidine rings is 1. The molecule has 1 aromatic carbocycles. The number of benzene rings is 1. The van der Waals surface area contributed by atoms with Crippen LogP contribution in [0.5, 0.6) is 0 Å². The fraction of sp³-hybridized carbons (Fsp3) is 0.390. The van der Waals surface area contributed by atoms with Crippen LogP contribution >= 0.6 is 11.3 Å². The standard InChI is InChI=1S/C41H44N12O4S/c1-24(2)45-32-18-33(34-7-5-28-16-26(19-42-3)20-44-53(28)34)43-21-31(32)38-47-48-41(58-38)50-14-12-49(13-15-50)22-25-10-11-51(23-25)27-4-6-29-30(17-27)40(57)52(39(29)56)35-8-9-36(54)46-37(35)55/h4-7,16-21,24-25,35H,8-15,22-23H2,1-3H3,(H,43,45)(H,46,54,55)/t25-,35?/m1/s1. The van der Waals surface area contributed by atoms with Gasteiger partial charge in [-0.25, -0.2) is 4.52 Å². The second kappa shape index (κ2) is 15.4. The summed E-state index contributed by atoms with van der Waals surface area (Å²) in [6.45, 7) is 10.4. The molecule has 3 fully saturated rings. The zero-order chi connectivity index (χ0) is 40.1. The van der Waals surface area contributed by atoms with Crippen molar-refractivity contribution in [3.05, 3.63) is 71.5 Å². The summed E-state index contributed by atoms with van der Waals surface area (Å²) in [5.41, 5.74) is 6.97. The highest BCUT2D eigenvalue weighted by Gasteiger charge is 2.45. The summed E-state index contributed by atoms with van der Waals surface area (Å²) in [6, 6.07) is 12.8. The number of nitrogens with one attached hydrogen (secondary N) is 2. The van der Waals surface area contributed by atoms with Gasteiger partial charge in [-0.15, -0.1) is 10.2 Å². The van der Waals surface area contributed by atoms with Crippen molar-refractivity contribution >= 4 is 63.2 Å². The number of hydrogen-bond donors (Lipinski definition) is 2. The summed E-state index contributed by atoms with van der Waals surface area (Å²) >= 11 is 1.58. The van der Waals surface area contributed by atoms with Gasteiger partial charge in [0, 0.05) is 94.7 Å². The molecule has 16 nitrogen and oxygen atoms in total. The number of aromatic nitrogens is 5. The highest BCUT2D eigenvalue weighted by atomic mass is 32.1. The van der Waals surface area contributed by atoms with Gasteiger partial charge in [0.05, 0.1) is 39.8 Å². The first-order valence-electron chi connectivity index (χ1n) is 19.7. The van der Waals surface area contributed by atoms with E-state index in [2.05, 4.69) is 65.5 Å². The van der Waals surface area contributed by atoms with E-state index in [-0.39, 0.29) is 24.8 Å². The van der Waals surface area contributed by atoms with Crippen molar-refractivity contribution in [1.29, 1.82) is 0 Å². The lowest BCUT2D eigenvalue weighted by Gasteiger charge is -2.35. The Labute approximate surface area is 338 Å². The maximum absolute atomic E-state index is 13.4.